The van der Waals surface area contributed by atoms with Crippen LogP contribution in [0.2, 0.25) is 5.15 Å². The normalized spacial score (nSPS) is 10.5. The minimum absolute atomic E-state index is 0.501. The van der Waals surface area contributed by atoms with Gasteiger partial charge in [0.1, 0.15) is 5.15 Å². The Kier molecular flexibility index (Phi) is 6.55. The third-order valence-electron chi connectivity index (χ3n) is 5.56. The van der Waals surface area contributed by atoms with Crippen LogP contribution in [-0.2, 0) is 0 Å². The first-order valence-corrected chi connectivity index (χ1v) is 11.5. The highest BCUT2D eigenvalue weighted by atomic mass is 35.5. The molecule has 0 N–H and O–H groups in total. The third-order valence-corrected chi connectivity index (χ3v) is 5.77. The van der Waals surface area contributed by atoms with Crippen molar-refractivity contribution in [1.82, 2.24) is 19.9 Å². The standard InChI is InChI=1S/C16H12N2.C14H9ClN2/c1-2-14-9-8-13-10-17-11-15(16(13)18-14)12-6-4-3-5-7-12;15-13-7-6-11-8-16-9-12(14(11)17-13)10-4-2-1-3-5-10/h2-11H,1H2;1-9H. The smallest absolute Gasteiger partial charge is 0.129 e. The van der Waals surface area contributed by atoms with Gasteiger partial charge in [-0.25, -0.2) is 9.97 Å². The van der Waals surface area contributed by atoms with Gasteiger partial charge in [-0.3, -0.25) is 9.97 Å². The zero-order chi connectivity index (χ0) is 24.0. The summed E-state index contributed by atoms with van der Waals surface area (Å²) in [5.41, 5.74) is 7.02. The number of hydrogen-bond donors (Lipinski definition) is 0. The monoisotopic (exact) mass is 472 g/mol. The molecule has 6 rings (SSSR count). The van der Waals surface area contributed by atoms with Crippen LogP contribution in [0.25, 0.3) is 50.1 Å². The van der Waals surface area contributed by atoms with Gasteiger partial charge in [-0.05, 0) is 41.5 Å². The summed E-state index contributed by atoms with van der Waals surface area (Å²) < 4.78 is 0. The second-order valence-corrected chi connectivity index (χ2v) is 8.21. The van der Waals surface area contributed by atoms with Crippen molar-refractivity contribution in [2.45, 2.75) is 0 Å². The van der Waals surface area contributed by atoms with E-state index in [9.17, 15) is 0 Å². The molecule has 0 aliphatic heterocycles. The van der Waals surface area contributed by atoms with Crippen molar-refractivity contribution in [2.24, 2.45) is 0 Å². The maximum Gasteiger partial charge on any atom is 0.129 e. The number of nitrogens with zero attached hydrogens (tertiary/aromatic N) is 4. The summed E-state index contributed by atoms with van der Waals surface area (Å²) in [7, 11) is 0. The highest BCUT2D eigenvalue weighted by Gasteiger charge is 2.07. The van der Waals surface area contributed by atoms with Crippen molar-refractivity contribution in [1.29, 1.82) is 0 Å². The van der Waals surface area contributed by atoms with E-state index in [0.29, 0.717) is 5.15 Å². The number of benzene rings is 2. The first-order valence-electron chi connectivity index (χ1n) is 11.1. The molecule has 6 aromatic rings. The van der Waals surface area contributed by atoms with Gasteiger partial charge in [-0.15, -0.1) is 0 Å². The van der Waals surface area contributed by atoms with Crippen molar-refractivity contribution in [2.75, 3.05) is 0 Å². The molecule has 0 aliphatic rings. The number of rotatable bonds is 3. The Bertz CT molecular complexity index is 1620. The van der Waals surface area contributed by atoms with E-state index in [1.54, 1.807) is 18.3 Å². The number of halogens is 1. The number of hydrogen-bond acceptors (Lipinski definition) is 4. The molecule has 0 unspecified atom stereocenters. The molecule has 0 aliphatic carbocycles. The van der Waals surface area contributed by atoms with Crippen molar-refractivity contribution < 1.29 is 0 Å². The zero-order valence-corrected chi connectivity index (χ0v) is 19.6. The zero-order valence-electron chi connectivity index (χ0n) is 18.8. The fourth-order valence-electron chi connectivity index (χ4n) is 3.85. The van der Waals surface area contributed by atoms with Crippen molar-refractivity contribution in [3.05, 3.63) is 127 Å². The summed E-state index contributed by atoms with van der Waals surface area (Å²) >= 11 is 5.95. The van der Waals surface area contributed by atoms with Crippen molar-refractivity contribution in [3.63, 3.8) is 0 Å². The quantitative estimate of drug-likeness (QED) is 0.246. The van der Waals surface area contributed by atoms with Gasteiger partial charge in [0, 0.05) is 46.7 Å². The van der Waals surface area contributed by atoms with E-state index in [0.717, 1.165) is 49.8 Å². The average molecular weight is 473 g/mol. The van der Waals surface area contributed by atoms with E-state index in [1.165, 1.54) is 0 Å². The molecule has 0 saturated heterocycles. The Balaban J connectivity index is 0.000000145. The lowest BCUT2D eigenvalue weighted by atomic mass is 10.0. The lowest BCUT2D eigenvalue weighted by Gasteiger charge is -2.06. The van der Waals surface area contributed by atoms with Crippen LogP contribution in [0.4, 0.5) is 0 Å². The number of fused-ring (bicyclic) bond motifs is 2. The van der Waals surface area contributed by atoms with Gasteiger partial charge < -0.3 is 0 Å². The number of pyridine rings is 4. The molecule has 4 heterocycles. The number of aromatic nitrogens is 4. The van der Waals surface area contributed by atoms with Crippen LogP contribution in [0.3, 0.4) is 0 Å². The molecule has 4 nitrogen and oxygen atoms in total. The summed E-state index contributed by atoms with van der Waals surface area (Å²) in [6.45, 7) is 3.76. The van der Waals surface area contributed by atoms with E-state index in [2.05, 4.69) is 38.6 Å². The molecule has 35 heavy (non-hydrogen) atoms. The van der Waals surface area contributed by atoms with Gasteiger partial charge in [0.25, 0.3) is 0 Å². The molecule has 0 radical (unpaired) electrons. The van der Waals surface area contributed by atoms with Crippen LogP contribution in [0.5, 0.6) is 0 Å². The van der Waals surface area contributed by atoms with E-state index < -0.39 is 0 Å². The van der Waals surface area contributed by atoms with E-state index in [4.69, 9.17) is 11.6 Å². The van der Waals surface area contributed by atoms with E-state index in [-0.39, 0.29) is 0 Å². The van der Waals surface area contributed by atoms with E-state index in [1.807, 2.05) is 85.3 Å². The Morgan fingerprint density at radius 1 is 0.571 bits per heavy atom. The van der Waals surface area contributed by atoms with Crippen LogP contribution < -0.4 is 0 Å². The van der Waals surface area contributed by atoms with Crippen LogP contribution in [0.15, 0.2) is 116 Å². The maximum absolute atomic E-state index is 5.95. The molecule has 0 amide bonds. The SMILES string of the molecule is C=Cc1ccc2cncc(-c3ccccc3)c2n1.Clc1ccc2cncc(-c3ccccc3)c2n1. The van der Waals surface area contributed by atoms with Crippen LogP contribution in [-0.4, -0.2) is 19.9 Å². The first kappa shape index (κ1) is 22.4. The molecule has 0 atom stereocenters. The highest BCUT2D eigenvalue weighted by Crippen LogP contribution is 2.27. The fourth-order valence-corrected chi connectivity index (χ4v) is 4.00. The second kappa shape index (κ2) is 10.2. The molecule has 5 heteroatoms. The molecular formula is C30H21ClN4. The Hall–Kier alpha value is -4.41. The highest BCUT2D eigenvalue weighted by molar-refractivity contribution is 6.29. The predicted molar refractivity (Wildman–Crippen MR) is 145 cm³/mol. The first-order chi connectivity index (χ1) is 17.2. The van der Waals surface area contributed by atoms with Crippen LogP contribution >= 0.6 is 11.6 Å². The van der Waals surface area contributed by atoms with Gasteiger partial charge in [0.15, 0.2) is 0 Å². The molecule has 0 spiro atoms. The summed E-state index contributed by atoms with van der Waals surface area (Å²) in [6, 6.07) is 27.9. The van der Waals surface area contributed by atoms with Crippen molar-refractivity contribution in [3.8, 4) is 22.3 Å². The maximum atomic E-state index is 5.95. The topological polar surface area (TPSA) is 51.6 Å². The molecule has 0 saturated carbocycles. The van der Waals surface area contributed by atoms with E-state index >= 15 is 0 Å². The van der Waals surface area contributed by atoms with Gasteiger partial charge in [-0.2, -0.15) is 0 Å². The van der Waals surface area contributed by atoms with Gasteiger partial charge in [0.05, 0.1) is 16.7 Å². The third kappa shape index (κ3) is 4.93. The van der Waals surface area contributed by atoms with Gasteiger partial charge in [0.2, 0.25) is 0 Å². The average Bonchev–Trinajstić information content (AvgIpc) is 2.93. The molecule has 2 aromatic carbocycles. The Labute approximate surface area is 208 Å². The Morgan fingerprint density at radius 3 is 1.63 bits per heavy atom. The largest absolute Gasteiger partial charge is 0.263 e. The second-order valence-electron chi connectivity index (χ2n) is 7.82. The van der Waals surface area contributed by atoms with Crippen LogP contribution in [0, 0.1) is 0 Å². The minimum atomic E-state index is 0.501. The molecule has 0 bridgehead atoms. The van der Waals surface area contributed by atoms with Crippen LogP contribution in [0.1, 0.15) is 5.69 Å². The lowest BCUT2D eigenvalue weighted by molar-refractivity contribution is 1.31. The minimum Gasteiger partial charge on any atom is -0.263 e. The lowest BCUT2D eigenvalue weighted by Crippen LogP contribution is -1.89. The van der Waals surface area contributed by atoms with Gasteiger partial charge >= 0.3 is 0 Å². The summed E-state index contributed by atoms with van der Waals surface area (Å²) in [4.78, 5) is 17.5. The molecular weight excluding hydrogens is 452 g/mol. The molecule has 168 valence electrons. The summed E-state index contributed by atoms with van der Waals surface area (Å²) in [5.74, 6) is 0. The Morgan fingerprint density at radius 2 is 1.09 bits per heavy atom. The molecule has 0 fully saturated rings. The predicted octanol–water partition coefficient (Wildman–Crippen LogP) is 7.89. The molecule has 4 aromatic heterocycles. The summed E-state index contributed by atoms with van der Waals surface area (Å²) in [5, 5.41) is 2.54. The van der Waals surface area contributed by atoms with Gasteiger partial charge in [-0.1, -0.05) is 78.8 Å². The fraction of sp³-hybridized carbons (Fsp3) is 0. The summed E-state index contributed by atoms with van der Waals surface area (Å²) in [6.07, 6.45) is 9.07. The van der Waals surface area contributed by atoms with Crippen molar-refractivity contribution >= 4 is 39.5 Å².